The molecule has 3 rings (SSSR count). The van der Waals surface area contributed by atoms with Crippen LogP contribution in [-0.2, 0) is 9.84 Å². The monoisotopic (exact) mass is 345 g/mol. The molecule has 1 saturated heterocycles. The van der Waals surface area contributed by atoms with Gasteiger partial charge in [0, 0.05) is 18.8 Å². The lowest BCUT2D eigenvalue weighted by Crippen LogP contribution is -2.41. The summed E-state index contributed by atoms with van der Waals surface area (Å²) in [5, 5.41) is 4.33. The molecule has 2 heterocycles. The first kappa shape index (κ1) is 16.4. The minimum Gasteiger partial charge on any atom is -0.330 e. The van der Waals surface area contributed by atoms with Gasteiger partial charge in [-0.2, -0.15) is 5.10 Å². The summed E-state index contributed by atoms with van der Waals surface area (Å²) < 4.78 is 25.1. The maximum absolute atomic E-state index is 12.8. The van der Waals surface area contributed by atoms with E-state index < -0.39 is 9.84 Å². The summed E-state index contributed by atoms with van der Waals surface area (Å²) in [5.41, 5.74) is 1.15. The Balaban J connectivity index is 1.83. The van der Waals surface area contributed by atoms with Crippen molar-refractivity contribution in [2.24, 2.45) is 0 Å². The number of rotatable bonds is 5. The maximum Gasteiger partial charge on any atom is 0.274 e. The number of carbonyl (C=O) groups excluding carboxylic acids is 1. The number of amides is 1. The summed E-state index contributed by atoms with van der Waals surface area (Å²) >= 11 is 0. The van der Waals surface area contributed by atoms with Crippen molar-refractivity contribution in [1.29, 1.82) is 0 Å². The summed E-state index contributed by atoms with van der Waals surface area (Å²) in [5.74, 6) is -0.144. The van der Waals surface area contributed by atoms with Crippen molar-refractivity contribution in [3.63, 3.8) is 0 Å². The molecule has 6 nitrogen and oxygen atoms in total. The Labute approximate surface area is 141 Å². The molecule has 0 spiro atoms. The van der Waals surface area contributed by atoms with Gasteiger partial charge in [-0.1, -0.05) is 24.3 Å². The molecule has 1 unspecified atom stereocenters. The fourth-order valence-corrected chi connectivity index (χ4v) is 4.60. The number of para-hydroxylation sites is 1. The van der Waals surface area contributed by atoms with Gasteiger partial charge >= 0.3 is 0 Å². The van der Waals surface area contributed by atoms with Crippen LogP contribution >= 0.6 is 0 Å². The van der Waals surface area contributed by atoms with Crippen LogP contribution in [0.3, 0.4) is 0 Å². The second-order valence-corrected chi connectivity index (χ2v) is 8.01. The molecule has 2 aromatic rings. The molecule has 1 atom stereocenters. The second-order valence-electron chi connectivity index (χ2n) is 5.78. The summed E-state index contributed by atoms with van der Waals surface area (Å²) in [7, 11) is -3.07. The van der Waals surface area contributed by atoms with Crippen molar-refractivity contribution in [3.8, 4) is 5.69 Å². The first-order chi connectivity index (χ1) is 11.5. The highest BCUT2D eigenvalue weighted by atomic mass is 32.2. The van der Waals surface area contributed by atoms with E-state index in [1.165, 1.54) is 0 Å². The van der Waals surface area contributed by atoms with E-state index in [9.17, 15) is 13.2 Å². The van der Waals surface area contributed by atoms with E-state index >= 15 is 0 Å². The largest absolute Gasteiger partial charge is 0.330 e. The van der Waals surface area contributed by atoms with Crippen molar-refractivity contribution in [3.05, 3.63) is 60.9 Å². The Morgan fingerprint density at radius 3 is 2.71 bits per heavy atom. The number of nitrogens with zero attached hydrogens (tertiary/aromatic N) is 3. The molecule has 0 radical (unpaired) electrons. The van der Waals surface area contributed by atoms with Crippen molar-refractivity contribution >= 4 is 15.7 Å². The average molecular weight is 345 g/mol. The standard InChI is InChI=1S/C17H19N3O3S/c1-2-10-19(15-9-12-24(22,23)13-15)17(21)16-8-11-20(18-16)14-6-4-3-5-7-14/h2-8,11,15H,1,9-10,12-13H2. The van der Waals surface area contributed by atoms with Crippen LogP contribution in [0, 0.1) is 0 Å². The molecular weight excluding hydrogens is 326 g/mol. The van der Waals surface area contributed by atoms with E-state index in [0.29, 0.717) is 18.7 Å². The number of hydrogen-bond donors (Lipinski definition) is 0. The van der Waals surface area contributed by atoms with Gasteiger partial charge < -0.3 is 4.90 Å². The SMILES string of the molecule is C=CCN(C(=O)c1ccn(-c2ccccc2)n1)C1CCS(=O)(=O)C1. The average Bonchev–Trinajstić information content (AvgIpc) is 3.19. The maximum atomic E-state index is 12.8. The molecule has 1 aromatic carbocycles. The summed E-state index contributed by atoms with van der Waals surface area (Å²) in [6.07, 6.45) is 3.79. The Morgan fingerprint density at radius 1 is 1.33 bits per heavy atom. The van der Waals surface area contributed by atoms with Gasteiger partial charge in [0.1, 0.15) is 0 Å². The number of hydrogen-bond acceptors (Lipinski definition) is 4. The Bertz CT molecular complexity index is 843. The third-order valence-corrected chi connectivity index (χ3v) is 5.82. The van der Waals surface area contributed by atoms with Crippen LogP contribution in [0.25, 0.3) is 5.69 Å². The molecule has 1 amide bonds. The quantitative estimate of drug-likeness (QED) is 0.773. The van der Waals surface area contributed by atoms with Crippen molar-refractivity contribution in [2.45, 2.75) is 12.5 Å². The van der Waals surface area contributed by atoms with Gasteiger partial charge in [0.25, 0.3) is 5.91 Å². The number of aromatic nitrogens is 2. The minimum atomic E-state index is -3.07. The molecule has 0 aliphatic carbocycles. The molecule has 0 saturated carbocycles. The normalized spacial score (nSPS) is 19.1. The lowest BCUT2D eigenvalue weighted by Gasteiger charge is -2.26. The number of benzene rings is 1. The molecule has 1 aromatic heterocycles. The van der Waals surface area contributed by atoms with Crippen LogP contribution in [0.15, 0.2) is 55.3 Å². The molecule has 7 heteroatoms. The summed E-state index contributed by atoms with van der Waals surface area (Å²) in [6, 6.07) is 10.8. The van der Waals surface area contributed by atoms with Crippen LogP contribution in [0.1, 0.15) is 16.9 Å². The molecule has 24 heavy (non-hydrogen) atoms. The van der Waals surface area contributed by atoms with Crippen LogP contribution in [-0.4, -0.2) is 53.1 Å². The van der Waals surface area contributed by atoms with E-state index in [1.807, 2.05) is 30.3 Å². The predicted molar refractivity (Wildman–Crippen MR) is 91.9 cm³/mol. The van der Waals surface area contributed by atoms with E-state index in [2.05, 4.69) is 11.7 Å². The van der Waals surface area contributed by atoms with Gasteiger partial charge in [0.2, 0.25) is 0 Å². The third-order valence-electron chi connectivity index (χ3n) is 4.06. The smallest absolute Gasteiger partial charge is 0.274 e. The third kappa shape index (κ3) is 3.41. The molecular formula is C17H19N3O3S. The lowest BCUT2D eigenvalue weighted by atomic mass is 10.2. The molecule has 1 aliphatic heterocycles. The van der Waals surface area contributed by atoms with E-state index in [4.69, 9.17) is 0 Å². The molecule has 126 valence electrons. The highest BCUT2D eigenvalue weighted by Gasteiger charge is 2.35. The zero-order chi connectivity index (χ0) is 17.2. The van der Waals surface area contributed by atoms with Crippen LogP contribution in [0.2, 0.25) is 0 Å². The summed E-state index contributed by atoms with van der Waals surface area (Å²) in [4.78, 5) is 14.3. The molecule has 1 aliphatic rings. The van der Waals surface area contributed by atoms with Gasteiger partial charge in [-0.05, 0) is 24.6 Å². The van der Waals surface area contributed by atoms with Crippen molar-refractivity contribution in [2.75, 3.05) is 18.1 Å². The topological polar surface area (TPSA) is 72.3 Å². The molecule has 1 fully saturated rings. The van der Waals surface area contributed by atoms with Gasteiger partial charge in [-0.15, -0.1) is 6.58 Å². The van der Waals surface area contributed by atoms with Gasteiger partial charge in [0.15, 0.2) is 15.5 Å². The second kappa shape index (κ2) is 6.60. The Kier molecular flexibility index (Phi) is 4.53. The zero-order valence-electron chi connectivity index (χ0n) is 13.2. The number of sulfone groups is 1. The first-order valence-corrected chi connectivity index (χ1v) is 9.56. The molecule has 0 bridgehead atoms. The lowest BCUT2D eigenvalue weighted by molar-refractivity contribution is 0.0714. The Morgan fingerprint density at radius 2 is 2.08 bits per heavy atom. The van der Waals surface area contributed by atoms with Crippen LogP contribution < -0.4 is 0 Å². The van der Waals surface area contributed by atoms with Gasteiger partial charge in [-0.3, -0.25) is 4.79 Å². The van der Waals surface area contributed by atoms with E-state index in [1.54, 1.807) is 27.9 Å². The number of carbonyl (C=O) groups is 1. The van der Waals surface area contributed by atoms with Crippen molar-refractivity contribution < 1.29 is 13.2 Å². The predicted octanol–water partition coefficient (Wildman–Crippen LogP) is 1.69. The first-order valence-electron chi connectivity index (χ1n) is 7.73. The summed E-state index contributed by atoms with van der Waals surface area (Å²) in [6.45, 7) is 3.97. The highest BCUT2D eigenvalue weighted by molar-refractivity contribution is 7.91. The zero-order valence-corrected chi connectivity index (χ0v) is 14.0. The van der Waals surface area contributed by atoms with Crippen molar-refractivity contribution in [1.82, 2.24) is 14.7 Å². The molecule has 0 N–H and O–H groups in total. The fourth-order valence-electron chi connectivity index (χ4n) is 2.87. The van der Waals surface area contributed by atoms with Crippen LogP contribution in [0.5, 0.6) is 0 Å². The Hall–Kier alpha value is -2.41. The fraction of sp³-hybridized carbons (Fsp3) is 0.294. The van der Waals surface area contributed by atoms with Crippen LogP contribution in [0.4, 0.5) is 0 Å². The van der Waals surface area contributed by atoms with E-state index in [0.717, 1.165) is 5.69 Å². The highest BCUT2D eigenvalue weighted by Crippen LogP contribution is 2.20. The minimum absolute atomic E-state index is 0.00593. The van der Waals surface area contributed by atoms with Gasteiger partial charge in [0.05, 0.1) is 17.2 Å². The van der Waals surface area contributed by atoms with E-state index in [-0.39, 0.29) is 23.5 Å². The van der Waals surface area contributed by atoms with Gasteiger partial charge in [-0.25, -0.2) is 13.1 Å².